The molecule has 0 spiro atoms. The molecule has 1 saturated heterocycles. The van der Waals surface area contributed by atoms with Crippen LogP contribution in [0, 0.1) is 0 Å². The Bertz CT molecular complexity index is 304. The van der Waals surface area contributed by atoms with Gasteiger partial charge in [0.15, 0.2) is 11.8 Å². The number of carbonyl (C=O) groups is 3. The number of nitrogens with zero attached hydrogens (tertiary/aromatic N) is 1. The van der Waals surface area contributed by atoms with Crippen LogP contribution < -0.4 is 5.32 Å². The van der Waals surface area contributed by atoms with Gasteiger partial charge in [-0.05, 0) is 6.42 Å². The molecule has 1 fully saturated rings. The molecule has 16 heavy (non-hydrogen) atoms. The van der Waals surface area contributed by atoms with Gasteiger partial charge in [0.1, 0.15) is 0 Å². The third kappa shape index (κ3) is 2.08. The first kappa shape index (κ1) is 12.7. The lowest BCUT2D eigenvalue weighted by molar-refractivity contribution is -0.132. The maximum Gasteiger partial charge on any atom is 0.325 e. The van der Waals surface area contributed by atoms with Crippen molar-refractivity contribution in [1.82, 2.24) is 10.2 Å². The Morgan fingerprint density at radius 1 is 1.31 bits per heavy atom. The summed E-state index contributed by atoms with van der Waals surface area (Å²) in [5, 5.41) is 2.17. The lowest BCUT2D eigenvalue weighted by Crippen LogP contribution is -2.49. The fourth-order valence-electron chi connectivity index (χ4n) is 1.92. The third-order valence-electron chi connectivity index (χ3n) is 3.12. The van der Waals surface area contributed by atoms with Crippen molar-refractivity contribution in [2.75, 3.05) is 7.05 Å². The van der Waals surface area contributed by atoms with E-state index in [1.807, 2.05) is 0 Å². The Hall–Kier alpha value is -1.39. The quantitative estimate of drug-likeness (QED) is 0.319. The zero-order valence-electron chi connectivity index (χ0n) is 9.78. The maximum absolute atomic E-state index is 11.6. The molecule has 0 saturated carbocycles. The second-order valence-electron chi connectivity index (χ2n) is 4.17. The topological polar surface area (TPSA) is 66.5 Å². The molecule has 0 radical (unpaired) electrons. The molecule has 3 amide bonds. The molecule has 1 atom stereocenters. The zero-order valence-corrected chi connectivity index (χ0v) is 9.78. The average Bonchev–Trinajstić information content (AvgIpc) is 2.48. The van der Waals surface area contributed by atoms with Crippen molar-refractivity contribution in [1.29, 1.82) is 0 Å². The van der Waals surface area contributed by atoms with Crippen LogP contribution in [0.25, 0.3) is 0 Å². The highest BCUT2D eigenvalue weighted by atomic mass is 16.2. The van der Waals surface area contributed by atoms with Crippen LogP contribution in [0.2, 0.25) is 0 Å². The molecule has 5 heteroatoms. The van der Waals surface area contributed by atoms with Crippen molar-refractivity contribution in [3.8, 4) is 0 Å². The van der Waals surface area contributed by atoms with Gasteiger partial charge in [-0.2, -0.15) is 0 Å². The van der Waals surface area contributed by atoms with E-state index in [0.29, 0.717) is 12.7 Å². The van der Waals surface area contributed by atoms with E-state index in [-0.39, 0.29) is 0 Å². The predicted octanol–water partition coefficient (Wildman–Crippen LogP) is 1.08. The van der Waals surface area contributed by atoms with Gasteiger partial charge in [0.05, 0.1) is 0 Å². The van der Waals surface area contributed by atoms with E-state index >= 15 is 0 Å². The number of nitrogens with one attached hydrogen (secondary N) is 1. The standard InChI is InChI=1S/C11H18N2O3/c1-3-4-5-6-7-11(8-14)9(15)12-10(16)13(11)2/h8H,3-7H2,1-2H3,(H,12,15,16). The highest BCUT2D eigenvalue weighted by Crippen LogP contribution is 2.24. The minimum atomic E-state index is -1.27. The molecule has 0 aromatic carbocycles. The van der Waals surface area contributed by atoms with E-state index in [1.54, 1.807) is 0 Å². The summed E-state index contributed by atoms with van der Waals surface area (Å²) in [4.78, 5) is 35.2. The molecule has 1 heterocycles. The number of rotatable bonds is 6. The van der Waals surface area contributed by atoms with Crippen LogP contribution in [0.1, 0.15) is 39.0 Å². The van der Waals surface area contributed by atoms with Crippen molar-refractivity contribution in [3.63, 3.8) is 0 Å². The summed E-state index contributed by atoms with van der Waals surface area (Å²) in [6.07, 6.45) is 4.91. The number of hydrogen-bond acceptors (Lipinski definition) is 3. The van der Waals surface area contributed by atoms with Crippen molar-refractivity contribution in [3.05, 3.63) is 0 Å². The molecule has 0 aliphatic carbocycles. The summed E-state index contributed by atoms with van der Waals surface area (Å²) in [6.45, 7) is 2.09. The summed E-state index contributed by atoms with van der Waals surface area (Å²) >= 11 is 0. The summed E-state index contributed by atoms with van der Waals surface area (Å²) in [5.41, 5.74) is -1.27. The molecule has 1 unspecified atom stereocenters. The molecule has 0 aromatic rings. The largest absolute Gasteiger partial charge is 0.325 e. The molecule has 90 valence electrons. The first-order valence-corrected chi connectivity index (χ1v) is 5.64. The molecule has 1 rings (SSSR count). The van der Waals surface area contributed by atoms with Gasteiger partial charge in [0, 0.05) is 7.05 Å². The Morgan fingerprint density at radius 3 is 2.44 bits per heavy atom. The monoisotopic (exact) mass is 226 g/mol. The maximum atomic E-state index is 11.6. The number of amides is 3. The third-order valence-corrected chi connectivity index (χ3v) is 3.12. The Kier molecular flexibility index (Phi) is 4.04. The molecule has 1 N–H and O–H groups in total. The molecule has 0 bridgehead atoms. The summed E-state index contributed by atoms with van der Waals surface area (Å²) in [6, 6.07) is -0.493. The number of imide groups is 1. The molecular weight excluding hydrogens is 208 g/mol. The van der Waals surface area contributed by atoms with E-state index < -0.39 is 17.5 Å². The summed E-state index contributed by atoms with van der Waals surface area (Å²) < 4.78 is 0. The van der Waals surface area contributed by atoms with Crippen LogP contribution in [0.15, 0.2) is 0 Å². The lowest BCUT2D eigenvalue weighted by atomic mass is 9.92. The van der Waals surface area contributed by atoms with Crippen LogP contribution in [0.4, 0.5) is 4.79 Å². The first-order chi connectivity index (χ1) is 7.58. The SMILES string of the molecule is CCCCCCC1(C=O)C(=O)NC(=O)N1C. The van der Waals surface area contributed by atoms with Gasteiger partial charge < -0.3 is 9.69 Å². The molecule has 1 aliphatic rings. The second-order valence-corrected chi connectivity index (χ2v) is 4.17. The highest BCUT2D eigenvalue weighted by molar-refractivity contribution is 6.15. The van der Waals surface area contributed by atoms with Crippen molar-refractivity contribution in [2.45, 2.75) is 44.6 Å². The van der Waals surface area contributed by atoms with Gasteiger partial charge in [-0.25, -0.2) is 4.79 Å². The van der Waals surface area contributed by atoms with Gasteiger partial charge in [0.2, 0.25) is 0 Å². The van der Waals surface area contributed by atoms with Crippen LogP contribution >= 0.6 is 0 Å². The van der Waals surface area contributed by atoms with Crippen LogP contribution in [-0.4, -0.2) is 35.7 Å². The zero-order chi connectivity index (χ0) is 12.2. The van der Waals surface area contributed by atoms with Crippen molar-refractivity contribution >= 4 is 18.2 Å². The summed E-state index contributed by atoms with van der Waals surface area (Å²) in [5.74, 6) is -0.494. The van der Waals surface area contributed by atoms with Gasteiger partial charge in [-0.1, -0.05) is 32.6 Å². The highest BCUT2D eigenvalue weighted by Gasteiger charge is 2.50. The second kappa shape index (κ2) is 5.09. The average molecular weight is 226 g/mol. The minimum absolute atomic E-state index is 0.407. The lowest BCUT2D eigenvalue weighted by Gasteiger charge is -2.26. The minimum Gasteiger partial charge on any atom is -0.306 e. The van der Waals surface area contributed by atoms with Gasteiger partial charge in [-0.3, -0.25) is 10.1 Å². The predicted molar refractivity (Wildman–Crippen MR) is 58.9 cm³/mol. The van der Waals surface area contributed by atoms with Gasteiger partial charge >= 0.3 is 6.03 Å². The van der Waals surface area contributed by atoms with E-state index in [4.69, 9.17) is 0 Å². The smallest absolute Gasteiger partial charge is 0.306 e. The number of likely N-dealkylation sites (N-methyl/N-ethyl adjacent to an activating group) is 1. The Labute approximate surface area is 95.2 Å². The van der Waals surface area contributed by atoms with Gasteiger partial charge in [-0.15, -0.1) is 0 Å². The van der Waals surface area contributed by atoms with Crippen molar-refractivity contribution in [2.24, 2.45) is 0 Å². The summed E-state index contributed by atoms with van der Waals surface area (Å²) in [7, 11) is 1.48. The van der Waals surface area contributed by atoms with Crippen molar-refractivity contribution < 1.29 is 14.4 Å². The van der Waals surface area contributed by atoms with E-state index in [0.717, 1.165) is 25.7 Å². The fourth-order valence-corrected chi connectivity index (χ4v) is 1.92. The fraction of sp³-hybridized carbons (Fsp3) is 0.727. The van der Waals surface area contributed by atoms with Crippen LogP contribution in [0.5, 0.6) is 0 Å². The van der Waals surface area contributed by atoms with Crippen LogP contribution in [-0.2, 0) is 9.59 Å². The number of urea groups is 1. The first-order valence-electron chi connectivity index (χ1n) is 5.64. The molecule has 1 aliphatic heterocycles. The molecule has 5 nitrogen and oxygen atoms in total. The number of hydrogen-bond donors (Lipinski definition) is 1. The molecule has 0 aromatic heterocycles. The number of aldehydes is 1. The molecular formula is C11H18N2O3. The van der Waals surface area contributed by atoms with Gasteiger partial charge in [0.25, 0.3) is 5.91 Å². The Balaban J connectivity index is 2.66. The number of carbonyl (C=O) groups excluding carboxylic acids is 3. The number of unbranched alkanes of at least 4 members (excludes halogenated alkanes) is 3. The normalized spacial score (nSPS) is 24.8. The van der Waals surface area contributed by atoms with Crippen LogP contribution in [0.3, 0.4) is 0 Å². The van der Waals surface area contributed by atoms with E-state index in [2.05, 4.69) is 12.2 Å². The van der Waals surface area contributed by atoms with E-state index in [9.17, 15) is 14.4 Å². The Morgan fingerprint density at radius 2 is 2.00 bits per heavy atom. The van der Waals surface area contributed by atoms with E-state index in [1.165, 1.54) is 11.9 Å².